The Kier molecular flexibility index (Phi) is 2.76. The fourth-order valence-corrected chi connectivity index (χ4v) is 3.03. The topological polar surface area (TPSA) is 74.7 Å². The van der Waals surface area contributed by atoms with Crippen LogP contribution in [0, 0.1) is 22.2 Å². The van der Waals surface area contributed by atoms with Gasteiger partial charge >= 0.3 is 0 Å². The number of aliphatic hydroxyl groups excluding tert-OH is 1. The van der Waals surface area contributed by atoms with E-state index in [1.165, 1.54) is 6.33 Å². The predicted octanol–water partition coefficient (Wildman–Crippen LogP) is 1.45. The summed E-state index contributed by atoms with van der Waals surface area (Å²) in [5.41, 5.74) is -0.920. The van der Waals surface area contributed by atoms with Gasteiger partial charge in [-0.25, -0.2) is 4.98 Å². The molecule has 1 aromatic rings. The number of allylic oxidation sites excluding steroid dienone is 3. The summed E-state index contributed by atoms with van der Waals surface area (Å²) >= 11 is 0. The predicted molar refractivity (Wildman–Crippen MR) is 68.6 cm³/mol. The van der Waals surface area contributed by atoms with Gasteiger partial charge in [0.1, 0.15) is 12.7 Å². The molecule has 0 spiro atoms. The third kappa shape index (κ3) is 1.80. The Morgan fingerprint density at radius 1 is 1.42 bits per heavy atom. The summed E-state index contributed by atoms with van der Waals surface area (Å²) in [7, 11) is 0. The molecule has 0 aromatic carbocycles. The van der Waals surface area contributed by atoms with Crippen LogP contribution in [-0.2, 0) is 6.54 Å². The standard InChI is InChI=1S/C14H16N4O/c15-9-13(6-7-13)14(4-2-1-3-5-14)12(19)8-18-11-16-10-17-18/h1-4,10-12,19H,5-8H2. The maximum atomic E-state index is 10.7. The van der Waals surface area contributed by atoms with Gasteiger partial charge in [-0.1, -0.05) is 24.3 Å². The normalized spacial score (nSPS) is 28.8. The Labute approximate surface area is 111 Å². The van der Waals surface area contributed by atoms with Crippen molar-refractivity contribution in [3.63, 3.8) is 0 Å². The summed E-state index contributed by atoms with van der Waals surface area (Å²) in [6, 6.07) is 2.43. The van der Waals surface area contributed by atoms with Gasteiger partial charge in [0.25, 0.3) is 0 Å². The van der Waals surface area contributed by atoms with Crippen LogP contribution < -0.4 is 0 Å². The van der Waals surface area contributed by atoms with Gasteiger partial charge in [-0.05, 0) is 19.3 Å². The Bertz CT molecular complexity index is 551. The minimum absolute atomic E-state index is 0.363. The number of nitrogens with zero attached hydrogens (tertiary/aromatic N) is 4. The van der Waals surface area contributed by atoms with Crippen LogP contribution >= 0.6 is 0 Å². The van der Waals surface area contributed by atoms with Crippen molar-refractivity contribution in [2.45, 2.75) is 31.9 Å². The van der Waals surface area contributed by atoms with Crippen molar-refractivity contribution in [1.29, 1.82) is 5.26 Å². The number of hydrogen-bond donors (Lipinski definition) is 1. The van der Waals surface area contributed by atoms with Crippen LogP contribution in [-0.4, -0.2) is 26.0 Å². The van der Waals surface area contributed by atoms with Crippen molar-refractivity contribution in [2.24, 2.45) is 10.8 Å². The van der Waals surface area contributed by atoms with Crippen LogP contribution in [0.2, 0.25) is 0 Å². The third-order valence-corrected chi connectivity index (χ3v) is 4.37. The SMILES string of the molecule is N#CC1(C2(C(O)Cn3cncn3)C=CC=CC2)CC1. The molecule has 2 unspecified atom stereocenters. The van der Waals surface area contributed by atoms with E-state index >= 15 is 0 Å². The van der Waals surface area contributed by atoms with E-state index < -0.39 is 16.9 Å². The van der Waals surface area contributed by atoms with Gasteiger partial charge < -0.3 is 5.11 Å². The molecule has 5 heteroatoms. The van der Waals surface area contributed by atoms with Crippen molar-refractivity contribution in [3.8, 4) is 6.07 Å². The summed E-state index contributed by atoms with van der Waals surface area (Å²) in [6.07, 6.45) is 12.8. The van der Waals surface area contributed by atoms with Gasteiger partial charge in [-0.2, -0.15) is 10.4 Å². The van der Waals surface area contributed by atoms with E-state index in [1.807, 2.05) is 24.3 Å². The average molecular weight is 256 g/mol. The lowest BCUT2D eigenvalue weighted by atomic mass is 9.65. The van der Waals surface area contributed by atoms with Crippen LogP contribution in [0.25, 0.3) is 0 Å². The van der Waals surface area contributed by atoms with E-state index in [4.69, 9.17) is 0 Å². The molecule has 0 amide bonds. The number of rotatable bonds is 4. The van der Waals surface area contributed by atoms with E-state index in [1.54, 1.807) is 11.0 Å². The zero-order chi connectivity index (χ0) is 13.3. The molecule has 0 saturated heterocycles. The number of aromatic nitrogens is 3. The summed E-state index contributed by atoms with van der Waals surface area (Å²) in [5, 5.41) is 24.2. The summed E-state index contributed by atoms with van der Waals surface area (Å²) < 4.78 is 1.62. The van der Waals surface area contributed by atoms with E-state index in [0.717, 1.165) is 12.8 Å². The first-order chi connectivity index (χ1) is 9.22. The lowest BCUT2D eigenvalue weighted by Crippen LogP contribution is -2.44. The van der Waals surface area contributed by atoms with Gasteiger partial charge in [0, 0.05) is 5.41 Å². The quantitative estimate of drug-likeness (QED) is 0.884. The Morgan fingerprint density at radius 2 is 2.26 bits per heavy atom. The second-order valence-corrected chi connectivity index (χ2v) is 5.36. The molecular formula is C14H16N4O. The maximum absolute atomic E-state index is 10.7. The smallest absolute Gasteiger partial charge is 0.137 e. The highest BCUT2D eigenvalue weighted by atomic mass is 16.3. The molecule has 5 nitrogen and oxygen atoms in total. The first-order valence-electron chi connectivity index (χ1n) is 6.49. The summed E-state index contributed by atoms with van der Waals surface area (Å²) in [6.45, 7) is 0.363. The molecule has 1 heterocycles. The molecule has 2 atom stereocenters. The fourth-order valence-electron chi connectivity index (χ4n) is 3.03. The molecule has 3 rings (SSSR count). The first-order valence-corrected chi connectivity index (χ1v) is 6.49. The molecular weight excluding hydrogens is 240 g/mol. The molecule has 19 heavy (non-hydrogen) atoms. The van der Waals surface area contributed by atoms with Crippen molar-refractivity contribution in [2.75, 3.05) is 0 Å². The first kappa shape index (κ1) is 12.1. The zero-order valence-corrected chi connectivity index (χ0v) is 10.6. The lowest BCUT2D eigenvalue weighted by Gasteiger charge is -2.40. The monoisotopic (exact) mass is 256 g/mol. The highest BCUT2D eigenvalue weighted by Gasteiger charge is 2.61. The van der Waals surface area contributed by atoms with Crippen LogP contribution in [0.15, 0.2) is 37.0 Å². The molecule has 98 valence electrons. The van der Waals surface area contributed by atoms with E-state index in [-0.39, 0.29) is 0 Å². The number of nitriles is 1. The molecule has 0 bridgehead atoms. The fraction of sp³-hybridized carbons (Fsp3) is 0.500. The Balaban J connectivity index is 1.90. The van der Waals surface area contributed by atoms with Gasteiger partial charge in [-0.15, -0.1) is 0 Å². The largest absolute Gasteiger partial charge is 0.390 e. The van der Waals surface area contributed by atoms with E-state index in [9.17, 15) is 10.4 Å². The van der Waals surface area contributed by atoms with E-state index in [2.05, 4.69) is 16.2 Å². The van der Waals surface area contributed by atoms with Gasteiger partial charge in [0.2, 0.25) is 0 Å². The van der Waals surface area contributed by atoms with Crippen LogP contribution in [0.3, 0.4) is 0 Å². The van der Waals surface area contributed by atoms with Gasteiger partial charge in [-0.3, -0.25) is 4.68 Å². The average Bonchev–Trinajstić information content (AvgIpc) is 3.11. The van der Waals surface area contributed by atoms with Crippen LogP contribution in [0.1, 0.15) is 19.3 Å². The van der Waals surface area contributed by atoms with Gasteiger partial charge in [0.05, 0.1) is 24.1 Å². The highest BCUT2D eigenvalue weighted by molar-refractivity contribution is 5.31. The number of hydrogen-bond acceptors (Lipinski definition) is 4. The zero-order valence-electron chi connectivity index (χ0n) is 10.6. The maximum Gasteiger partial charge on any atom is 0.137 e. The molecule has 0 radical (unpaired) electrons. The molecule has 2 aliphatic carbocycles. The molecule has 1 saturated carbocycles. The van der Waals surface area contributed by atoms with Gasteiger partial charge in [0.15, 0.2) is 0 Å². The van der Waals surface area contributed by atoms with Crippen molar-refractivity contribution in [3.05, 3.63) is 37.0 Å². The van der Waals surface area contributed by atoms with Crippen molar-refractivity contribution in [1.82, 2.24) is 14.8 Å². The second-order valence-electron chi connectivity index (χ2n) is 5.36. The van der Waals surface area contributed by atoms with Crippen LogP contribution in [0.4, 0.5) is 0 Å². The minimum Gasteiger partial charge on any atom is -0.390 e. The van der Waals surface area contributed by atoms with Crippen LogP contribution in [0.5, 0.6) is 0 Å². The van der Waals surface area contributed by atoms with E-state index in [0.29, 0.717) is 13.0 Å². The third-order valence-electron chi connectivity index (χ3n) is 4.37. The summed E-state index contributed by atoms with van der Waals surface area (Å²) in [4.78, 5) is 3.88. The van der Waals surface area contributed by atoms with Crippen molar-refractivity contribution >= 4 is 0 Å². The lowest BCUT2D eigenvalue weighted by molar-refractivity contribution is 0.00870. The number of aliphatic hydroxyl groups is 1. The highest BCUT2D eigenvalue weighted by Crippen LogP contribution is 2.63. The van der Waals surface area contributed by atoms with Crippen molar-refractivity contribution < 1.29 is 5.11 Å². The molecule has 1 fully saturated rings. The minimum atomic E-state index is -0.641. The molecule has 1 N–H and O–H groups in total. The summed E-state index contributed by atoms with van der Waals surface area (Å²) in [5.74, 6) is 0. The Morgan fingerprint density at radius 3 is 2.79 bits per heavy atom. The second kappa shape index (κ2) is 4.32. The molecule has 2 aliphatic rings. The molecule has 1 aromatic heterocycles. The Hall–Kier alpha value is -1.93. The molecule has 0 aliphatic heterocycles.